The van der Waals surface area contributed by atoms with Crippen LogP contribution in [0.5, 0.6) is 0 Å². The minimum absolute atomic E-state index is 0.122. The molecule has 21 heavy (non-hydrogen) atoms. The van der Waals surface area contributed by atoms with E-state index in [-0.39, 0.29) is 24.9 Å². The lowest BCUT2D eigenvalue weighted by molar-refractivity contribution is -0.159. The van der Waals surface area contributed by atoms with Gasteiger partial charge in [0, 0.05) is 19.6 Å². The van der Waals surface area contributed by atoms with Crippen molar-refractivity contribution in [2.24, 2.45) is 5.73 Å². The maximum atomic E-state index is 11.8. The van der Waals surface area contributed by atoms with Gasteiger partial charge in [-0.1, -0.05) is 0 Å². The van der Waals surface area contributed by atoms with E-state index in [2.05, 4.69) is 0 Å². The summed E-state index contributed by atoms with van der Waals surface area (Å²) in [6.45, 7) is 12.4. The maximum absolute atomic E-state index is 11.8. The van der Waals surface area contributed by atoms with Crippen LogP contribution in [-0.2, 0) is 19.1 Å². The van der Waals surface area contributed by atoms with Gasteiger partial charge in [0.05, 0.1) is 13.0 Å². The molecule has 0 atom stereocenters. The summed E-state index contributed by atoms with van der Waals surface area (Å²) < 4.78 is 10.5. The van der Waals surface area contributed by atoms with Crippen LogP contribution in [-0.4, -0.2) is 54.2 Å². The van der Waals surface area contributed by atoms with Crippen molar-refractivity contribution in [3.8, 4) is 0 Å². The van der Waals surface area contributed by atoms with E-state index in [1.165, 1.54) is 0 Å². The van der Waals surface area contributed by atoms with E-state index < -0.39 is 11.2 Å². The molecular formula is C15H30N2O4. The minimum atomic E-state index is -0.517. The van der Waals surface area contributed by atoms with Gasteiger partial charge in [0.15, 0.2) is 0 Å². The number of hydrogen-bond donors (Lipinski definition) is 1. The van der Waals surface area contributed by atoms with E-state index in [1.807, 2.05) is 41.5 Å². The first kappa shape index (κ1) is 19.9. The van der Waals surface area contributed by atoms with E-state index in [1.54, 1.807) is 4.90 Å². The van der Waals surface area contributed by atoms with Gasteiger partial charge < -0.3 is 15.2 Å². The molecule has 6 nitrogen and oxygen atoms in total. The lowest BCUT2D eigenvalue weighted by Gasteiger charge is -2.25. The Labute approximate surface area is 127 Å². The molecule has 0 aromatic rings. The summed E-state index contributed by atoms with van der Waals surface area (Å²) >= 11 is 0. The van der Waals surface area contributed by atoms with E-state index in [0.717, 1.165) is 0 Å². The molecule has 0 aliphatic rings. The fourth-order valence-electron chi connectivity index (χ4n) is 1.65. The third-order valence-corrected chi connectivity index (χ3v) is 2.27. The quantitative estimate of drug-likeness (QED) is 0.714. The third-order valence-electron chi connectivity index (χ3n) is 2.27. The van der Waals surface area contributed by atoms with Gasteiger partial charge in [0.1, 0.15) is 11.2 Å². The van der Waals surface area contributed by atoms with Crippen molar-refractivity contribution in [2.75, 3.05) is 26.2 Å². The predicted octanol–water partition coefficient (Wildman–Crippen LogP) is 1.32. The van der Waals surface area contributed by atoms with Crippen LogP contribution in [0.15, 0.2) is 0 Å². The highest BCUT2D eigenvalue weighted by Crippen LogP contribution is 2.10. The lowest BCUT2D eigenvalue weighted by atomic mass is 10.2. The van der Waals surface area contributed by atoms with Crippen LogP contribution in [0.25, 0.3) is 0 Å². The molecule has 0 unspecified atom stereocenters. The maximum Gasteiger partial charge on any atom is 0.320 e. The zero-order valence-electron chi connectivity index (χ0n) is 14.2. The van der Waals surface area contributed by atoms with Gasteiger partial charge in [-0.05, 0) is 41.5 Å². The second-order valence-electron chi connectivity index (χ2n) is 6.99. The van der Waals surface area contributed by atoms with Crippen molar-refractivity contribution in [3.63, 3.8) is 0 Å². The lowest BCUT2D eigenvalue weighted by Crippen LogP contribution is -2.39. The number of hydrogen-bond acceptors (Lipinski definition) is 6. The molecule has 0 aromatic carbocycles. The van der Waals surface area contributed by atoms with Gasteiger partial charge in [0.2, 0.25) is 0 Å². The Morgan fingerprint density at radius 1 is 0.905 bits per heavy atom. The normalized spacial score (nSPS) is 12.4. The Morgan fingerprint density at radius 2 is 1.38 bits per heavy atom. The monoisotopic (exact) mass is 302 g/mol. The molecule has 0 aromatic heterocycles. The average molecular weight is 302 g/mol. The third kappa shape index (κ3) is 12.3. The highest BCUT2D eigenvalue weighted by Gasteiger charge is 2.20. The van der Waals surface area contributed by atoms with Crippen molar-refractivity contribution < 1.29 is 19.1 Å². The molecule has 0 fully saturated rings. The number of rotatable bonds is 7. The van der Waals surface area contributed by atoms with Gasteiger partial charge in [-0.2, -0.15) is 0 Å². The smallest absolute Gasteiger partial charge is 0.320 e. The highest BCUT2D eigenvalue weighted by atomic mass is 16.6. The summed E-state index contributed by atoms with van der Waals surface area (Å²) in [6, 6.07) is 0. The van der Waals surface area contributed by atoms with Crippen molar-refractivity contribution in [3.05, 3.63) is 0 Å². The largest absolute Gasteiger partial charge is 0.460 e. The number of carbonyl (C=O) groups excluding carboxylic acids is 2. The molecule has 0 spiro atoms. The van der Waals surface area contributed by atoms with E-state index in [4.69, 9.17) is 15.2 Å². The van der Waals surface area contributed by atoms with E-state index in [0.29, 0.717) is 19.6 Å². The van der Waals surface area contributed by atoms with Crippen LogP contribution < -0.4 is 5.73 Å². The highest BCUT2D eigenvalue weighted by molar-refractivity contribution is 5.72. The fourth-order valence-corrected chi connectivity index (χ4v) is 1.65. The molecule has 0 heterocycles. The molecule has 0 bridgehead atoms. The van der Waals surface area contributed by atoms with Crippen LogP contribution in [0.3, 0.4) is 0 Å². The number of ether oxygens (including phenoxy) is 2. The van der Waals surface area contributed by atoms with Crippen molar-refractivity contribution in [1.29, 1.82) is 0 Å². The van der Waals surface area contributed by atoms with Crippen LogP contribution in [0.4, 0.5) is 0 Å². The molecule has 0 aliphatic heterocycles. The molecule has 6 heteroatoms. The van der Waals surface area contributed by atoms with Crippen LogP contribution in [0, 0.1) is 0 Å². The van der Waals surface area contributed by atoms with Gasteiger partial charge in [-0.15, -0.1) is 0 Å². The van der Waals surface area contributed by atoms with Gasteiger partial charge in [-0.25, -0.2) is 0 Å². The van der Waals surface area contributed by atoms with Crippen molar-refractivity contribution >= 4 is 11.9 Å². The molecule has 0 radical (unpaired) electrons. The van der Waals surface area contributed by atoms with Crippen LogP contribution >= 0.6 is 0 Å². The molecular weight excluding hydrogens is 272 g/mol. The number of nitrogens with two attached hydrogens (primary N) is 1. The summed E-state index contributed by atoms with van der Waals surface area (Å²) in [7, 11) is 0. The summed E-state index contributed by atoms with van der Waals surface area (Å²) in [5.74, 6) is -0.603. The standard InChI is InChI=1S/C15H30N2O4/c1-14(2,3)20-12(18)7-9-17(10-8-16)11-13(19)21-15(4,5)6/h7-11,16H2,1-6H3. The van der Waals surface area contributed by atoms with E-state index in [9.17, 15) is 9.59 Å². The molecule has 0 saturated carbocycles. The number of carbonyl (C=O) groups is 2. The summed E-state index contributed by atoms with van der Waals surface area (Å²) in [5, 5.41) is 0. The summed E-state index contributed by atoms with van der Waals surface area (Å²) in [6.07, 6.45) is 0.222. The first-order valence-electron chi connectivity index (χ1n) is 7.29. The average Bonchev–Trinajstić information content (AvgIpc) is 2.21. The Morgan fingerprint density at radius 3 is 1.81 bits per heavy atom. The molecule has 0 saturated heterocycles. The second kappa shape index (κ2) is 8.34. The predicted molar refractivity (Wildman–Crippen MR) is 81.8 cm³/mol. The molecule has 0 aliphatic carbocycles. The molecule has 0 rings (SSSR count). The minimum Gasteiger partial charge on any atom is -0.460 e. The Balaban J connectivity index is 4.31. The van der Waals surface area contributed by atoms with Crippen LogP contribution in [0.1, 0.15) is 48.0 Å². The van der Waals surface area contributed by atoms with Gasteiger partial charge in [0.25, 0.3) is 0 Å². The van der Waals surface area contributed by atoms with E-state index >= 15 is 0 Å². The molecule has 2 N–H and O–H groups in total. The Hall–Kier alpha value is -1.14. The van der Waals surface area contributed by atoms with Crippen molar-refractivity contribution in [1.82, 2.24) is 4.90 Å². The Kier molecular flexibility index (Phi) is 7.89. The summed E-state index contributed by atoms with van der Waals surface area (Å²) in [4.78, 5) is 25.3. The molecule has 0 amide bonds. The summed E-state index contributed by atoms with van der Waals surface area (Å²) in [5.41, 5.74) is 4.51. The van der Waals surface area contributed by atoms with Gasteiger partial charge >= 0.3 is 11.9 Å². The molecule has 124 valence electrons. The second-order valence-corrected chi connectivity index (χ2v) is 6.99. The topological polar surface area (TPSA) is 81.9 Å². The van der Waals surface area contributed by atoms with Crippen LogP contribution in [0.2, 0.25) is 0 Å². The first-order valence-corrected chi connectivity index (χ1v) is 7.29. The first-order chi connectivity index (χ1) is 9.43. The Bertz CT molecular complexity index is 343. The van der Waals surface area contributed by atoms with Crippen molar-refractivity contribution in [2.45, 2.75) is 59.2 Å². The SMILES string of the molecule is CC(C)(C)OC(=O)CCN(CCN)CC(=O)OC(C)(C)C. The number of esters is 2. The number of nitrogens with zero attached hydrogens (tertiary/aromatic N) is 1. The van der Waals surface area contributed by atoms with Gasteiger partial charge in [-0.3, -0.25) is 14.5 Å². The fraction of sp³-hybridized carbons (Fsp3) is 0.867. The zero-order valence-corrected chi connectivity index (χ0v) is 14.2. The zero-order chi connectivity index (χ0) is 16.7.